The zero-order valence-corrected chi connectivity index (χ0v) is 11.9. The van der Waals surface area contributed by atoms with Crippen molar-refractivity contribution in [2.75, 3.05) is 19.7 Å². The molecule has 0 atom stereocenters. The molecular formula is C13H15BrN2O3. The van der Waals surface area contributed by atoms with Gasteiger partial charge in [-0.3, -0.25) is 4.79 Å². The Morgan fingerprint density at radius 3 is 2.74 bits per heavy atom. The van der Waals surface area contributed by atoms with Gasteiger partial charge < -0.3 is 15.4 Å². The lowest BCUT2D eigenvalue weighted by molar-refractivity contribution is 0.0952. The van der Waals surface area contributed by atoms with Crippen LogP contribution in [0.2, 0.25) is 0 Å². The third kappa shape index (κ3) is 6.05. The summed E-state index contributed by atoms with van der Waals surface area (Å²) in [4.78, 5) is 22.8. The third-order valence-electron chi connectivity index (χ3n) is 2.10. The number of rotatable bonds is 6. The first-order valence-corrected chi connectivity index (χ1v) is 6.48. The van der Waals surface area contributed by atoms with Gasteiger partial charge in [-0.15, -0.1) is 0 Å². The third-order valence-corrected chi connectivity index (χ3v) is 2.59. The number of carbonyl (C=O) groups is 2. The highest BCUT2D eigenvalue weighted by Gasteiger charge is 2.05. The monoisotopic (exact) mass is 326 g/mol. The molecule has 0 fully saturated rings. The highest BCUT2D eigenvalue weighted by atomic mass is 79.9. The van der Waals surface area contributed by atoms with Crippen LogP contribution in [0.1, 0.15) is 10.4 Å². The molecule has 6 heteroatoms. The minimum absolute atomic E-state index is 0.163. The molecule has 0 aliphatic heterocycles. The van der Waals surface area contributed by atoms with Crippen molar-refractivity contribution in [1.29, 1.82) is 0 Å². The smallest absolute Gasteiger partial charge is 0.407 e. The van der Waals surface area contributed by atoms with Gasteiger partial charge in [0.2, 0.25) is 0 Å². The van der Waals surface area contributed by atoms with Crippen molar-refractivity contribution in [2.24, 2.45) is 0 Å². The fourth-order valence-electron chi connectivity index (χ4n) is 1.26. The summed E-state index contributed by atoms with van der Waals surface area (Å²) in [6.45, 7) is 4.22. The van der Waals surface area contributed by atoms with Crippen LogP contribution in [0.4, 0.5) is 4.79 Å². The maximum atomic E-state index is 11.7. The Morgan fingerprint density at radius 1 is 1.32 bits per heavy atom. The van der Waals surface area contributed by atoms with Gasteiger partial charge in [0.25, 0.3) is 5.91 Å². The van der Waals surface area contributed by atoms with Crippen molar-refractivity contribution < 1.29 is 14.3 Å². The average molecular weight is 327 g/mol. The lowest BCUT2D eigenvalue weighted by Gasteiger charge is -2.07. The van der Waals surface area contributed by atoms with Crippen molar-refractivity contribution in [3.8, 4) is 0 Å². The number of carbonyl (C=O) groups excluding carboxylic acids is 2. The van der Waals surface area contributed by atoms with Gasteiger partial charge in [-0.2, -0.15) is 0 Å². The molecule has 0 spiro atoms. The van der Waals surface area contributed by atoms with Gasteiger partial charge in [0.05, 0.1) is 0 Å². The van der Waals surface area contributed by atoms with Crippen molar-refractivity contribution in [3.05, 3.63) is 47.0 Å². The van der Waals surface area contributed by atoms with Crippen LogP contribution in [0.25, 0.3) is 0 Å². The lowest BCUT2D eigenvalue weighted by atomic mass is 10.2. The van der Waals surface area contributed by atoms with Crippen LogP contribution in [0.5, 0.6) is 0 Å². The SMILES string of the molecule is C=CCOC(=O)NCCNC(=O)c1cccc(Br)c1. The number of hydrogen-bond acceptors (Lipinski definition) is 3. The first kappa shape index (κ1) is 15.2. The fourth-order valence-corrected chi connectivity index (χ4v) is 1.66. The number of alkyl carbamates (subject to hydrolysis) is 1. The van der Waals surface area contributed by atoms with Gasteiger partial charge in [0.1, 0.15) is 6.61 Å². The van der Waals surface area contributed by atoms with E-state index >= 15 is 0 Å². The number of hydrogen-bond donors (Lipinski definition) is 2. The average Bonchev–Trinajstić information content (AvgIpc) is 2.41. The molecule has 2 N–H and O–H groups in total. The highest BCUT2D eigenvalue weighted by Crippen LogP contribution is 2.11. The summed E-state index contributed by atoms with van der Waals surface area (Å²) in [5, 5.41) is 5.19. The number of nitrogens with one attached hydrogen (secondary N) is 2. The number of halogens is 1. The molecule has 0 heterocycles. The molecule has 102 valence electrons. The van der Waals surface area contributed by atoms with Gasteiger partial charge in [-0.1, -0.05) is 34.7 Å². The molecule has 0 unspecified atom stereocenters. The van der Waals surface area contributed by atoms with Crippen LogP contribution in [0.3, 0.4) is 0 Å². The Balaban J connectivity index is 2.24. The molecule has 19 heavy (non-hydrogen) atoms. The maximum Gasteiger partial charge on any atom is 0.407 e. The molecule has 0 bridgehead atoms. The van der Waals surface area contributed by atoms with Gasteiger partial charge in [-0.25, -0.2) is 4.79 Å². The first-order valence-electron chi connectivity index (χ1n) is 5.69. The van der Waals surface area contributed by atoms with Gasteiger partial charge in [-0.05, 0) is 18.2 Å². The maximum absolute atomic E-state index is 11.7. The molecule has 0 radical (unpaired) electrons. The number of benzene rings is 1. The Kier molecular flexibility index (Phi) is 6.67. The van der Waals surface area contributed by atoms with E-state index in [-0.39, 0.29) is 12.5 Å². The van der Waals surface area contributed by atoms with E-state index in [0.29, 0.717) is 18.7 Å². The van der Waals surface area contributed by atoms with Crippen LogP contribution < -0.4 is 10.6 Å². The zero-order valence-electron chi connectivity index (χ0n) is 10.3. The van der Waals surface area contributed by atoms with E-state index in [1.807, 2.05) is 6.07 Å². The van der Waals surface area contributed by atoms with Crippen molar-refractivity contribution in [1.82, 2.24) is 10.6 Å². The van der Waals surface area contributed by atoms with Gasteiger partial charge in [0, 0.05) is 23.1 Å². The van der Waals surface area contributed by atoms with Crippen molar-refractivity contribution >= 4 is 27.9 Å². The Bertz CT molecular complexity index is 463. The molecule has 0 aromatic heterocycles. The summed E-state index contributed by atoms with van der Waals surface area (Å²) in [7, 11) is 0. The normalized spacial score (nSPS) is 9.53. The molecule has 0 saturated carbocycles. The van der Waals surface area contributed by atoms with E-state index < -0.39 is 6.09 Å². The molecule has 2 amide bonds. The van der Waals surface area contributed by atoms with Crippen LogP contribution in [0.15, 0.2) is 41.4 Å². The summed E-state index contributed by atoms with van der Waals surface area (Å²) in [5.74, 6) is -0.192. The van der Waals surface area contributed by atoms with E-state index in [2.05, 4.69) is 33.1 Å². The van der Waals surface area contributed by atoms with Gasteiger partial charge in [0.15, 0.2) is 0 Å². The molecular weight excluding hydrogens is 312 g/mol. The molecule has 0 aliphatic carbocycles. The number of ether oxygens (including phenoxy) is 1. The van der Waals surface area contributed by atoms with Crippen LogP contribution in [0, 0.1) is 0 Å². The van der Waals surface area contributed by atoms with Crippen LogP contribution in [-0.2, 0) is 4.74 Å². The summed E-state index contributed by atoms with van der Waals surface area (Å²) in [6.07, 6.45) is 0.950. The van der Waals surface area contributed by atoms with Crippen molar-refractivity contribution in [2.45, 2.75) is 0 Å². The Hall–Kier alpha value is -1.82. The standard InChI is InChI=1S/C13H15BrN2O3/c1-2-8-19-13(18)16-7-6-15-12(17)10-4-3-5-11(14)9-10/h2-5,9H,1,6-8H2,(H,15,17)(H,16,18). The van der Waals surface area contributed by atoms with Crippen LogP contribution >= 0.6 is 15.9 Å². The van der Waals surface area contributed by atoms with E-state index in [4.69, 9.17) is 4.74 Å². The van der Waals surface area contributed by atoms with E-state index in [0.717, 1.165) is 4.47 Å². The summed E-state index contributed by atoms with van der Waals surface area (Å²) in [5.41, 5.74) is 0.559. The van der Waals surface area contributed by atoms with Crippen LogP contribution in [-0.4, -0.2) is 31.7 Å². The Labute approximate surface area is 120 Å². The number of amides is 2. The largest absolute Gasteiger partial charge is 0.445 e. The predicted molar refractivity (Wildman–Crippen MR) is 76.0 cm³/mol. The van der Waals surface area contributed by atoms with E-state index in [1.54, 1.807) is 18.2 Å². The predicted octanol–water partition coefficient (Wildman–Crippen LogP) is 2.09. The van der Waals surface area contributed by atoms with Crippen molar-refractivity contribution in [3.63, 3.8) is 0 Å². The second-order valence-corrected chi connectivity index (χ2v) is 4.50. The minimum Gasteiger partial charge on any atom is -0.445 e. The zero-order chi connectivity index (χ0) is 14.1. The summed E-state index contributed by atoms with van der Waals surface area (Å²) in [6, 6.07) is 7.06. The second-order valence-electron chi connectivity index (χ2n) is 3.58. The first-order chi connectivity index (χ1) is 9.13. The lowest BCUT2D eigenvalue weighted by Crippen LogP contribution is -2.35. The molecule has 5 nitrogen and oxygen atoms in total. The minimum atomic E-state index is -0.531. The molecule has 1 aromatic rings. The molecule has 0 aliphatic rings. The highest BCUT2D eigenvalue weighted by molar-refractivity contribution is 9.10. The molecule has 0 saturated heterocycles. The van der Waals surface area contributed by atoms with Gasteiger partial charge >= 0.3 is 6.09 Å². The fraction of sp³-hybridized carbons (Fsp3) is 0.231. The second kappa shape index (κ2) is 8.31. The summed E-state index contributed by atoms with van der Waals surface area (Å²) >= 11 is 3.29. The molecule has 1 rings (SSSR count). The molecule has 1 aromatic carbocycles. The summed E-state index contributed by atoms with van der Waals surface area (Å²) < 4.78 is 5.55. The topological polar surface area (TPSA) is 67.4 Å². The van der Waals surface area contributed by atoms with E-state index in [9.17, 15) is 9.59 Å². The van der Waals surface area contributed by atoms with E-state index in [1.165, 1.54) is 6.08 Å². The Morgan fingerprint density at radius 2 is 2.05 bits per heavy atom. The quantitative estimate of drug-likeness (QED) is 0.621.